The number of benzene rings is 2. The zero-order valence-electron chi connectivity index (χ0n) is 15.2. The third-order valence-electron chi connectivity index (χ3n) is 4.24. The van der Waals surface area contributed by atoms with Gasteiger partial charge in [0, 0.05) is 12.3 Å². The molecule has 1 amide bonds. The molecule has 0 radical (unpaired) electrons. The zero-order chi connectivity index (χ0) is 19.1. The zero-order valence-corrected chi connectivity index (χ0v) is 15.2. The second kappa shape index (κ2) is 9.19. The number of carbonyl (C=O) groups is 2. The van der Waals surface area contributed by atoms with Crippen LogP contribution in [0.4, 0.5) is 5.69 Å². The topological polar surface area (TPSA) is 73.9 Å². The normalized spacial score (nSPS) is 17.1. The molecular weight excluding hydrogens is 346 g/mol. The third kappa shape index (κ3) is 5.56. The molecule has 1 heterocycles. The molecule has 0 spiro atoms. The summed E-state index contributed by atoms with van der Waals surface area (Å²) in [6.45, 7) is 2.82. The lowest BCUT2D eigenvalue weighted by atomic mass is 10.2. The minimum Gasteiger partial charge on any atom is -0.491 e. The Hall–Kier alpha value is -2.86. The Labute approximate surface area is 158 Å². The van der Waals surface area contributed by atoms with Crippen LogP contribution in [0.25, 0.3) is 0 Å². The van der Waals surface area contributed by atoms with Gasteiger partial charge in [0.15, 0.2) is 6.10 Å². The highest BCUT2D eigenvalue weighted by molar-refractivity contribution is 5.97. The van der Waals surface area contributed by atoms with E-state index in [1.54, 1.807) is 36.4 Å². The average Bonchev–Trinajstić information content (AvgIpc) is 3.21. The largest absolute Gasteiger partial charge is 0.491 e. The van der Waals surface area contributed by atoms with E-state index in [1.165, 1.54) is 6.92 Å². The van der Waals surface area contributed by atoms with Crippen molar-refractivity contribution in [1.29, 1.82) is 0 Å². The van der Waals surface area contributed by atoms with Gasteiger partial charge in [0.05, 0.1) is 11.7 Å². The lowest BCUT2D eigenvalue weighted by Crippen LogP contribution is -2.29. The fourth-order valence-corrected chi connectivity index (χ4v) is 2.70. The van der Waals surface area contributed by atoms with E-state index >= 15 is 0 Å². The number of nitrogens with one attached hydrogen (secondary N) is 1. The smallest absolute Gasteiger partial charge is 0.338 e. The molecule has 0 unspecified atom stereocenters. The Morgan fingerprint density at radius 1 is 1.15 bits per heavy atom. The predicted molar refractivity (Wildman–Crippen MR) is 101 cm³/mol. The van der Waals surface area contributed by atoms with E-state index in [-0.39, 0.29) is 12.0 Å². The molecule has 1 aliphatic heterocycles. The lowest BCUT2D eigenvalue weighted by Gasteiger charge is -2.14. The number of carbonyl (C=O) groups excluding carboxylic acids is 2. The molecule has 27 heavy (non-hydrogen) atoms. The van der Waals surface area contributed by atoms with Gasteiger partial charge in [0.2, 0.25) is 0 Å². The van der Waals surface area contributed by atoms with Gasteiger partial charge < -0.3 is 19.5 Å². The highest BCUT2D eigenvalue weighted by Crippen LogP contribution is 2.17. The van der Waals surface area contributed by atoms with Gasteiger partial charge in [-0.25, -0.2) is 4.79 Å². The van der Waals surface area contributed by atoms with Crippen LogP contribution in [0.15, 0.2) is 54.6 Å². The maximum absolute atomic E-state index is 12.2. The molecule has 0 aliphatic carbocycles. The molecule has 0 bridgehead atoms. The number of amides is 1. The van der Waals surface area contributed by atoms with Gasteiger partial charge in [-0.2, -0.15) is 0 Å². The standard InChI is InChI=1S/C21H23NO5/c1-15(20(23)22-17-6-3-2-4-7-17)27-21(24)16-9-11-18(12-10-16)26-14-19-8-5-13-25-19/h2-4,6-7,9-12,15,19H,5,8,13-14H2,1H3,(H,22,23)/t15-,19-/m0/s1. The summed E-state index contributed by atoms with van der Waals surface area (Å²) >= 11 is 0. The number of rotatable bonds is 7. The summed E-state index contributed by atoms with van der Waals surface area (Å²) in [5, 5.41) is 2.70. The number of ether oxygens (including phenoxy) is 3. The van der Waals surface area contributed by atoms with Crippen LogP contribution in [-0.4, -0.2) is 37.3 Å². The van der Waals surface area contributed by atoms with Crippen molar-refractivity contribution in [2.45, 2.75) is 32.0 Å². The van der Waals surface area contributed by atoms with Crippen LogP contribution in [0.2, 0.25) is 0 Å². The number of esters is 1. The first-order chi connectivity index (χ1) is 13.1. The quantitative estimate of drug-likeness (QED) is 0.757. The third-order valence-corrected chi connectivity index (χ3v) is 4.24. The number of hydrogen-bond acceptors (Lipinski definition) is 5. The Morgan fingerprint density at radius 2 is 1.89 bits per heavy atom. The highest BCUT2D eigenvalue weighted by Gasteiger charge is 2.19. The van der Waals surface area contributed by atoms with Crippen molar-refractivity contribution in [3.63, 3.8) is 0 Å². The Morgan fingerprint density at radius 3 is 2.56 bits per heavy atom. The molecule has 142 valence electrons. The fraction of sp³-hybridized carbons (Fsp3) is 0.333. The van der Waals surface area contributed by atoms with Crippen LogP contribution in [-0.2, 0) is 14.3 Å². The minimum atomic E-state index is -0.909. The Kier molecular flexibility index (Phi) is 6.44. The molecular formula is C21H23NO5. The molecule has 1 saturated heterocycles. The fourth-order valence-electron chi connectivity index (χ4n) is 2.70. The second-order valence-corrected chi connectivity index (χ2v) is 6.37. The second-order valence-electron chi connectivity index (χ2n) is 6.37. The Bertz CT molecular complexity index is 754. The van der Waals surface area contributed by atoms with Gasteiger partial charge in [-0.05, 0) is 56.2 Å². The molecule has 0 saturated carbocycles. The van der Waals surface area contributed by atoms with Crippen molar-refractivity contribution in [3.8, 4) is 5.75 Å². The van der Waals surface area contributed by atoms with E-state index in [1.807, 2.05) is 18.2 Å². The molecule has 1 aliphatic rings. The first kappa shape index (κ1) is 18.9. The van der Waals surface area contributed by atoms with Gasteiger partial charge in [0.25, 0.3) is 5.91 Å². The highest BCUT2D eigenvalue weighted by atomic mass is 16.5. The summed E-state index contributed by atoms with van der Waals surface area (Å²) in [5.41, 5.74) is 1.01. The molecule has 6 heteroatoms. The van der Waals surface area contributed by atoms with E-state index in [2.05, 4.69) is 5.32 Å². The minimum absolute atomic E-state index is 0.138. The molecule has 1 N–H and O–H groups in total. The molecule has 2 atom stereocenters. The van der Waals surface area contributed by atoms with Gasteiger partial charge in [-0.1, -0.05) is 18.2 Å². The van der Waals surface area contributed by atoms with Crippen molar-refractivity contribution in [3.05, 3.63) is 60.2 Å². The maximum Gasteiger partial charge on any atom is 0.338 e. The van der Waals surface area contributed by atoms with Crippen LogP contribution in [0, 0.1) is 0 Å². The van der Waals surface area contributed by atoms with Crippen molar-refractivity contribution in [1.82, 2.24) is 0 Å². The summed E-state index contributed by atoms with van der Waals surface area (Å²) in [6, 6.07) is 15.7. The lowest BCUT2D eigenvalue weighted by molar-refractivity contribution is -0.123. The van der Waals surface area contributed by atoms with Crippen molar-refractivity contribution in [2.75, 3.05) is 18.5 Å². The van der Waals surface area contributed by atoms with Crippen LogP contribution in [0.5, 0.6) is 5.75 Å². The summed E-state index contributed by atoms with van der Waals surface area (Å²) in [5.74, 6) is -0.278. The summed E-state index contributed by atoms with van der Waals surface area (Å²) in [6.07, 6.45) is 1.30. The number of para-hydroxylation sites is 1. The Balaban J connectivity index is 1.48. The van der Waals surface area contributed by atoms with E-state index in [0.29, 0.717) is 23.6 Å². The average molecular weight is 369 g/mol. The van der Waals surface area contributed by atoms with Crippen LogP contribution in [0.1, 0.15) is 30.1 Å². The molecule has 2 aromatic carbocycles. The first-order valence-electron chi connectivity index (χ1n) is 9.03. The van der Waals surface area contributed by atoms with Crippen LogP contribution < -0.4 is 10.1 Å². The first-order valence-corrected chi connectivity index (χ1v) is 9.03. The van der Waals surface area contributed by atoms with Gasteiger partial charge >= 0.3 is 5.97 Å². The number of hydrogen-bond donors (Lipinski definition) is 1. The van der Waals surface area contributed by atoms with Crippen LogP contribution in [0.3, 0.4) is 0 Å². The summed E-state index contributed by atoms with van der Waals surface area (Å²) in [4.78, 5) is 24.4. The van der Waals surface area contributed by atoms with E-state index in [0.717, 1.165) is 19.4 Å². The van der Waals surface area contributed by atoms with Crippen LogP contribution >= 0.6 is 0 Å². The van der Waals surface area contributed by atoms with Gasteiger partial charge in [-0.15, -0.1) is 0 Å². The maximum atomic E-state index is 12.2. The van der Waals surface area contributed by atoms with E-state index < -0.39 is 12.1 Å². The molecule has 0 aromatic heterocycles. The van der Waals surface area contributed by atoms with E-state index in [9.17, 15) is 9.59 Å². The number of anilines is 1. The van der Waals surface area contributed by atoms with E-state index in [4.69, 9.17) is 14.2 Å². The SMILES string of the molecule is C[C@H](OC(=O)c1ccc(OC[C@@H]2CCCO2)cc1)C(=O)Nc1ccccc1. The molecule has 6 nitrogen and oxygen atoms in total. The molecule has 3 rings (SSSR count). The van der Waals surface area contributed by atoms with Crippen molar-refractivity contribution >= 4 is 17.6 Å². The summed E-state index contributed by atoms with van der Waals surface area (Å²) < 4.78 is 16.4. The summed E-state index contributed by atoms with van der Waals surface area (Å²) in [7, 11) is 0. The monoisotopic (exact) mass is 369 g/mol. The molecule has 1 fully saturated rings. The molecule has 2 aromatic rings. The van der Waals surface area contributed by atoms with Gasteiger partial charge in [0.1, 0.15) is 12.4 Å². The van der Waals surface area contributed by atoms with Crippen molar-refractivity contribution < 1.29 is 23.8 Å². The van der Waals surface area contributed by atoms with Crippen molar-refractivity contribution in [2.24, 2.45) is 0 Å². The van der Waals surface area contributed by atoms with Gasteiger partial charge in [-0.3, -0.25) is 4.79 Å². The predicted octanol–water partition coefficient (Wildman–Crippen LogP) is 3.43.